The molecule has 1 atom stereocenters. The van der Waals surface area contributed by atoms with Crippen molar-refractivity contribution >= 4 is 27.5 Å². The lowest BCUT2D eigenvalue weighted by atomic mass is 10.1. The highest BCUT2D eigenvalue weighted by Crippen LogP contribution is 2.29. The first-order valence-corrected chi connectivity index (χ1v) is 15.8. The highest BCUT2D eigenvalue weighted by atomic mass is 32.2. The van der Waals surface area contributed by atoms with Crippen molar-refractivity contribution in [3.8, 4) is 5.75 Å². The van der Waals surface area contributed by atoms with Gasteiger partial charge in [0, 0.05) is 12.6 Å². The van der Waals surface area contributed by atoms with Crippen LogP contribution >= 0.6 is 0 Å². The molecule has 0 radical (unpaired) electrons. The highest BCUT2D eigenvalue weighted by molar-refractivity contribution is 7.92. The van der Waals surface area contributed by atoms with E-state index >= 15 is 0 Å². The number of hydrogen-bond donors (Lipinski definition) is 1. The number of nitrogens with zero attached hydrogens (tertiary/aromatic N) is 2. The van der Waals surface area contributed by atoms with Gasteiger partial charge >= 0.3 is 0 Å². The number of hydrogen-bond acceptors (Lipinski definition) is 5. The Balaban J connectivity index is 1.71. The first-order chi connectivity index (χ1) is 20.0. The van der Waals surface area contributed by atoms with Crippen LogP contribution in [0.3, 0.4) is 0 Å². The molecule has 3 aromatic rings. The number of sulfonamides is 1. The average Bonchev–Trinajstić information content (AvgIpc) is 3.49. The van der Waals surface area contributed by atoms with Gasteiger partial charge in [-0.25, -0.2) is 8.42 Å². The van der Waals surface area contributed by atoms with Crippen LogP contribution in [0.4, 0.5) is 5.69 Å². The van der Waals surface area contributed by atoms with Gasteiger partial charge in [-0.05, 0) is 87.6 Å². The number of aryl methyl sites for hydroxylation is 3. The van der Waals surface area contributed by atoms with Gasteiger partial charge < -0.3 is 15.0 Å². The van der Waals surface area contributed by atoms with Crippen molar-refractivity contribution in [2.24, 2.45) is 0 Å². The van der Waals surface area contributed by atoms with Crippen LogP contribution in [-0.4, -0.2) is 50.9 Å². The van der Waals surface area contributed by atoms with E-state index in [0.717, 1.165) is 47.9 Å². The molecule has 3 aromatic carbocycles. The number of carbonyl (C=O) groups excluding carboxylic acids is 2. The molecule has 1 saturated carbocycles. The lowest BCUT2D eigenvalue weighted by molar-refractivity contribution is -0.139. The van der Waals surface area contributed by atoms with Gasteiger partial charge in [0.1, 0.15) is 18.3 Å². The summed E-state index contributed by atoms with van der Waals surface area (Å²) in [6.45, 7) is 6.96. The molecule has 0 bridgehead atoms. The van der Waals surface area contributed by atoms with Crippen molar-refractivity contribution in [2.45, 2.75) is 76.9 Å². The molecule has 4 rings (SSSR count). The van der Waals surface area contributed by atoms with Gasteiger partial charge in [-0.15, -0.1) is 0 Å². The molecule has 0 aromatic heterocycles. The number of anilines is 1. The Labute approximate surface area is 249 Å². The quantitative estimate of drug-likeness (QED) is 0.327. The third-order valence-electron chi connectivity index (χ3n) is 7.90. The topological polar surface area (TPSA) is 96.0 Å². The summed E-state index contributed by atoms with van der Waals surface area (Å²) in [6.07, 6.45) is 3.96. The Morgan fingerprint density at radius 1 is 0.929 bits per heavy atom. The maximum Gasteiger partial charge on any atom is 0.264 e. The van der Waals surface area contributed by atoms with Gasteiger partial charge in [0.2, 0.25) is 11.8 Å². The van der Waals surface area contributed by atoms with Crippen molar-refractivity contribution in [1.29, 1.82) is 0 Å². The van der Waals surface area contributed by atoms with E-state index in [1.54, 1.807) is 56.5 Å². The Morgan fingerprint density at radius 2 is 1.55 bits per heavy atom. The van der Waals surface area contributed by atoms with E-state index in [0.29, 0.717) is 11.4 Å². The maximum absolute atomic E-state index is 14.2. The lowest BCUT2D eigenvalue weighted by Crippen LogP contribution is -2.52. The number of ether oxygens (including phenoxy) is 1. The maximum atomic E-state index is 14.2. The minimum atomic E-state index is -4.12. The van der Waals surface area contributed by atoms with Gasteiger partial charge in [0.25, 0.3) is 10.0 Å². The fraction of sp³-hybridized carbons (Fsp3) is 0.394. The number of methoxy groups -OCH3 is 1. The summed E-state index contributed by atoms with van der Waals surface area (Å²) in [4.78, 5) is 29.1. The second kappa shape index (κ2) is 13.4. The predicted octanol–water partition coefficient (Wildman–Crippen LogP) is 5.29. The molecule has 1 aliphatic carbocycles. The van der Waals surface area contributed by atoms with E-state index in [1.807, 2.05) is 45.0 Å². The monoisotopic (exact) mass is 591 g/mol. The van der Waals surface area contributed by atoms with Crippen LogP contribution in [-0.2, 0) is 26.2 Å². The van der Waals surface area contributed by atoms with Gasteiger partial charge in [-0.2, -0.15) is 0 Å². The van der Waals surface area contributed by atoms with E-state index < -0.39 is 28.5 Å². The minimum Gasteiger partial charge on any atom is -0.497 e. The second-order valence-corrected chi connectivity index (χ2v) is 13.0. The molecule has 0 heterocycles. The normalized spacial score (nSPS) is 14.3. The SMILES string of the molecule is COc1ccc(CN(C(=O)CN(c2cc(C)ccc2C)S(=O)(=O)c2ccc(C)cc2)[C@H](C)C(=O)NC2CCCC2)cc1. The summed E-state index contributed by atoms with van der Waals surface area (Å²) in [5, 5.41) is 3.10. The van der Waals surface area contributed by atoms with Crippen LogP contribution in [0.1, 0.15) is 54.9 Å². The summed E-state index contributed by atoms with van der Waals surface area (Å²) in [5.41, 5.74) is 3.74. The molecule has 2 amide bonds. The Kier molecular flexibility index (Phi) is 9.93. The van der Waals surface area contributed by atoms with Crippen LogP contribution in [0.2, 0.25) is 0 Å². The molecule has 0 unspecified atom stereocenters. The van der Waals surface area contributed by atoms with Crippen LogP contribution in [0.15, 0.2) is 71.6 Å². The Morgan fingerprint density at radius 3 is 2.17 bits per heavy atom. The first kappa shape index (κ1) is 31.1. The van der Waals surface area contributed by atoms with Gasteiger partial charge in [-0.3, -0.25) is 13.9 Å². The summed E-state index contributed by atoms with van der Waals surface area (Å²) >= 11 is 0. The van der Waals surface area contributed by atoms with Crippen LogP contribution in [0, 0.1) is 20.8 Å². The number of rotatable bonds is 11. The molecule has 0 saturated heterocycles. The number of nitrogens with one attached hydrogen (secondary N) is 1. The fourth-order valence-corrected chi connectivity index (χ4v) is 6.71. The van der Waals surface area contributed by atoms with Crippen molar-refractivity contribution in [3.05, 3.63) is 89.0 Å². The predicted molar refractivity (Wildman–Crippen MR) is 165 cm³/mol. The average molecular weight is 592 g/mol. The molecule has 42 heavy (non-hydrogen) atoms. The summed E-state index contributed by atoms with van der Waals surface area (Å²) < 4.78 is 34.6. The van der Waals surface area contributed by atoms with Crippen LogP contribution in [0.5, 0.6) is 5.75 Å². The molecule has 224 valence electrons. The number of benzene rings is 3. The minimum absolute atomic E-state index is 0.0891. The Bertz CT molecular complexity index is 1500. The zero-order valence-corrected chi connectivity index (χ0v) is 25.9. The largest absolute Gasteiger partial charge is 0.497 e. The number of amides is 2. The third kappa shape index (κ3) is 7.31. The van der Waals surface area contributed by atoms with Crippen molar-refractivity contribution in [2.75, 3.05) is 18.0 Å². The second-order valence-electron chi connectivity index (χ2n) is 11.2. The third-order valence-corrected chi connectivity index (χ3v) is 9.68. The van der Waals surface area contributed by atoms with Gasteiger partial charge in [0.05, 0.1) is 17.7 Å². The molecule has 0 aliphatic heterocycles. The van der Waals surface area contributed by atoms with Crippen molar-refractivity contribution < 1.29 is 22.7 Å². The standard InChI is InChI=1S/C33H41N3O5S/c1-23-11-18-30(19-12-23)42(39,40)36(31-20-24(2)10-13-25(31)3)22-32(37)35(21-27-14-16-29(41-5)17-15-27)26(4)33(38)34-28-8-6-7-9-28/h10-20,26,28H,6-9,21-22H2,1-5H3,(H,34,38)/t26-/m1/s1. The van der Waals surface area contributed by atoms with E-state index in [2.05, 4.69) is 5.32 Å². The molecule has 9 heteroatoms. The number of carbonyl (C=O) groups is 2. The van der Waals surface area contributed by atoms with E-state index in [4.69, 9.17) is 4.74 Å². The zero-order chi connectivity index (χ0) is 30.4. The van der Waals surface area contributed by atoms with E-state index in [9.17, 15) is 18.0 Å². The van der Waals surface area contributed by atoms with Gasteiger partial charge in [-0.1, -0.05) is 54.8 Å². The first-order valence-electron chi connectivity index (χ1n) is 14.4. The summed E-state index contributed by atoms with van der Waals surface area (Å²) in [7, 11) is -2.54. The summed E-state index contributed by atoms with van der Waals surface area (Å²) in [6, 6.07) is 18.7. The highest BCUT2D eigenvalue weighted by Gasteiger charge is 2.34. The van der Waals surface area contributed by atoms with Crippen LogP contribution < -0.4 is 14.4 Å². The lowest BCUT2D eigenvalue weighted by Gasteiger charge is -2.33. The molecule has 8 nitrogen and oxygen atoms in total. The van der Waals surface area contributed by atoms with Crippen molar-refractivity contribution in [1.82, 2.24) is 10.2 Å². The van der Waals surface area contributed by atoms with Gasteiger partial charge in [0.15, 0.2) is 0 Å². The molecule has 0 spiro atoms. The zero-order valence-electron chi connectivity index (χ0n) is 25.1. The molecule has 1 N–H and O–H groups in total. The molecular weight excluding hydrogens is 550 g/mol. The van der Waals surface area contributed by atoms with Crippen LogP contribution in [0.25, 0.3) is 0 Å². The fourth-order valence-electron chi connectivity index (χ4n) is 5.24. The Hall–Kier alpha value is -3.85. The van der Waals surface area contributed by atoms with Crippen molar-refractivity contribution in [3.63, 3.8) is 0 Å². The molecule has 1 fully saturated rings. The van der Waals surface area contributed by atoms with E-state index in [-0.39, 0.29) is 23.4 Å². The van der Waals surface area contributed by atoms with E-state index in [1.165, 1.54) is 9.21 Å². The molecular formula is C33H41N3O5S. The smallest absolute Gasteiger partial charge is 0.264 e. The molecule has 1 aliphatic rings. The summed E-state index contributed by atoms with van der Waals surface area (Å²) in [5.74, 6) is -0.0473.